The number of benzene rings is 1. The van der Waals surface area contributed by atoms with Crippen molar-refractivity contribution in [3.8, 4) is 5.75 Å². The van der Waals surface area contributed by atoms with Gasteiger partial charge in [0.1, 0.15) is 11.6 Å². The lowest BCUT2D eigenvalue weighted by atomic mass is 10.2. The third kappa shape index (κ3) is 4.88. The summed E-state index contributed by atoms with van der Waals surface area (Å²) < 4.78 is 10.1. The highest BCUT2D eigenvalue weighted by Gasteiger charge is 2.22. The van der Waals surface area contributed by atoms with Crippen molar-refractivity contribution in [3.63, 3.8) is 0 Å². The fourth-order valence-electron chi connectivity index (χ4n) is 3.08. The van der Waals surface area contributed by atoms with Gasteiger partial charge in [0.2, 0.25) is 5.13 Å². The van der Waals surface area contributed by atoms with Gasteiger partial charge in [-0.25, -0.2) is 4.98 Å². The molecule has 7 nitrogen and oxygen atoms in total. The number of guanidine groups is 1. The number of anilines is 1. The Kier molecular flexibility index (Phi) is 6.86. The predicted molar refractivity (Wildman–Crippen MR) is 111 cm³/mol. The molecule has 0 amide bonds. The van der Waals surface area contributed by atoms with Gasteiger partial charge in [-0.05, 0) is 13.0 Å². The van der Waals surface area contributed by atoms with Crippen molar-refractivity contribution in [2.45, 2.75) is 26.8 Å². The molecular weight excluding hydrogens is 360 g/mol. The molecule has 1 saturated heterocycles. The second kappa shape index (κ2) is 9.55. The summed E-state index contributed by atoms with van der Waals surface area (Å²) in [5, 5.41) is 4.50. The van der Waals surface area contributed by atoms with Gasteiger partial charge in [0.15, 0.2) is 5.96 Å². The molecule has 0 atom stereocenters. The van der Waals surface area contributed by atoms with Crippen LogP contribution in [0.4, 0.5) is 5.13 Å². The Hall–Kier alpha value is -2.35. The normalized spacial score (nSPS) is 15.1. The number of para-hydroxylation sites is 1. The Labute approximate surface area is 165 Å². The number of nitrogens with one attached hydrogen (secondary N) is 1. The van der Waals surface area contributed by atoms with E-state index in [2.05, 4.69) is 42.5 Å². The zero-order valence-electron chi connectivity index (χ0n) is 16.3. The zero-order valence-corrected chi connectivity index (χ0v) is 17.1. The fraction of sp³-hybridized carbons (Fsp3) is 0.526. The summed E-state index contributed by atoms with van der Waals surface area (Å²) in [4.78, 5) is 13.7. The minimum Gasteiger partial charge on any atom is -0.494 e. The Morgan fingerprint density at radius 3 is 2.67 bits per heavy atom. The molecule has 1 aliphatic rings. The fourth-order valence-corrected chi connectivity index (χ4v) is 3.88. The standard InChI is InChI=1S/C19H28N6OS/c1-4-17-22-19(27-23-17)25-12-10-24(11-13-25)18(20-3)21-14-15-8-6-7-9-16(15)26-5-2/h6-9H,4-5,10-14H2,1-3H3,(H,20,21). The lowest BCUT2D eigenvalue weighted by molar-refractivity contribution is 0.335. The van der Waals surface area contributed by atoms with Crippen LogP contribution in [-0.4, -0.2) is 60.1 Å². The van der Waals surface area contributed by atoms with Crippen LogP contribution in [0, 0.1) is 0 Å². The average Bonchev–Trinajstić information content (AvgIpc) is 3.20. The van der Waals surface area contributed by atoms with Crippen LogP contribution in [-0.2, 0) is 13.0 Å². The molecule has 1 N–H and O–H groups in total. The topological polar surface area (TPSA) is 65.9 Å². The van der Waals surface area contributed by atoms with Gasteiger partial charge < -0.3 is 19.9 Å². The monoisotopic (exact) mass is 388 g/mol. The van der Waals surface area contributed by atoms with Crippen LogP contribution in [0.3, 0.4) is 0 Å². The van der Waals surface area contributed by atoms with Crippen LogP contribution in [0.1, 0.15) is 25.2 Å². The smallest absolute Gasteiger partial charge is 0.205 e. The molecule has 0 saturated carbocycles. The first-order valence-corrected chi connectivity index (χ1v) is 10.3. The molecule has 2 aromatic rings. The molecule has 1 aromatic heterocycles. The lowest BCUT2D eigenvalue weighted by Crippen LogP contribution is -2.52. The van der Waals surface area contributed by atoms with E-state index < -0.39 is 0 Å². The number of aromatic nitrogens is 2. The highest BCUT2D eigenvalue weighted by Crippen LogP contribution is 2.20. The van der Waals surface area contributed by atoms with E-state index in [-0.39, 0.29) is 0 Å². The van der Waals surface area contributed by atoms with Gasteiger partial charge >= 0.3 is 0 Å². The quantitative estimate of drug-likeness (QED) is 0.606. The molecule has 1 fully saturated rings. The second-order valence-corrected chi connectivity index (χ2v) is 6.99. The summed E-state index contributed by atoms with van der Waals surface area (Å²) in [5.41, 5.74) is 1.14. The van der Waals surface area contributed by atoms with E-state index in [0.29, 0.717) is 13.2 Å². The van der Waals surface area contributed by atoms with E-state index in [9.17, 15) is 0 Å². The number of aryl methyl sites for hydroxylation is 1. The summed E-state index contributed by atoms with van der Waals surface area (Å²) in [5.74, 6) is 2.78. The van der Waals surface area contributed by atoms with Crippen LogP contribution >= 0.6 is 11.5 Å². The Bertz CT molecular complexity index is 754. The van der Waals surface area contributed by atoms with Crippen LogP contribution in [0.2, 0.25) is 0 Å². The average molecular weight is 389 g/mol. The molecule has 0 aliphatic carbocycles. The molecule has 27 heavy (non-hydrogen) atoms. The van der Waals surface area contributed by atoms with E-state index in [4.69, 9.17) is 4.74 Å². The number of piperazine rings is 1. The largest absolute Gasteiger partial charge is 0.494 e. The summed E-state index contributed by atoms with van der Waals surface area (Å²) >= 11 is 1.50. The van der Waals surface area contributed by atoms with E-state index >= 15 is 0 Å². The molecule has 0 bridgehead atoms. The van der Waals surface area contributed by atoms with Gasteiger partial charge in [0.05, 0.1) is 6.61 Å². The number of hydrogen-bond acceptors (Lipinski definition) is 6. The summed E-state index contributed by atoms with van der Waals surface area (Å²) in [7, 11) is 1.83. The van der Waals surface area contributed by atoms with Crippen LogP contribution < -0.4 is 15.0 Å². The molecule has 146 valence electrons. The zero-order chi connectivity index (χ0) is 19.1. The van der Waals surface area contributed by atoms with Gasteiger partial charge in [-0.2, -0.15) is 4.37 Å². The molecule has 3 rings (SSSR count). The highest BCUT2D eigenvalue weighted by molar-refractivity contribution is 7.09. The van der Waals surface area contributed by atoms with E-state index in [1.165, 1.54) is 11.5 Å². The van der Waals surface area contributed by atoms with Crippen molar-refractivity contribution in [2.24, 2.45) is 4.99 Å². The van der Waals surface area contributed by atoms with Gasteiger partial charge in [-0.1, -0.05) is 25.1 Å². The maximum Gasteiger partial charge on any atom is 0.205 e. The summed E-state index contributed by atoms with van der Waals surface area (Å²) in [6, 6.07) is 8.13. The first kappa shape index (κ1) is 19.4. The van der Waals surface area contributed by atoms with Crippen molar-refractivity contribution >= 4 is 22.6 Å². The molecule has 2 heterocycles. The Morgan fingerprint density at radius 1 is 1.22 bits per heavy atom. The molecule has 1 aromatic carbocycles. The lowest BCUT2D eigenvalue weighted by Gasteiger charge is -2.36. The minimum absolute atomic E-state index is 0.666. The van der Waals surface area contributed by atoms with Crippen LogP contribution in [0.25, 0.3) is 0 Å². The number of hydrogen-bond donors (Lipinski definition) is 1. The van der Waals surface area contributed by atoms with E-state index in [1.54, 1.807) is 0 Å². The van der Waals surface area contributed by atoms with Gasteiger partial charge in [-0.15, -0.1) is 0 Å². The van der Waals surface area contributed by atoms with Crippen molar-refractivity contribution in [1.82, 2.24) is 19.6 Å². The van der Waals surface area contributed by atoms with Crippen LogP contribution in [0.15, 0.2) is 29.3 Å². The van der Waals surface area contributed by atoms with Crippen molar-refractivity contribution < 1.29 is 4.74 Å². The van der Waals surface area contributed by atoms with Gasteiger partial charge in [0, 0.05) is 63.3 Å². The maximum absolute atomic E-state index is 5.71. The molecule has 8 heteroatoms. The Morgan fingerprint density at radius 2 is 2.00 bits per heavy atom. The third-order valence-electron chi connectivity index (χ3n) is 4.54. The molecule has 0 spiro atoms. The third-order valence-corrected chi connectivity index (χ3v) is 5.36. The first-order valence-electron chi connectivity index (χ1n) is 9.49. The van der Waals surface area contributed by atoms with Crippen LogP contribution in [0.5, 0.6) is 5.75 Å². The Balaban J connectivity index is 1.55. The van der Waals surface area contributed by atoms with Crippen molar-refractivity contribution in [1.29, 1.82) is 0 Å². The van der Waals surface area contributed by atoms with Gasteiger partial charge in [-0.3, -0.25) is 4.99 Å². The van der Waals surface area contributed by atoms with Crippen molar-refractivity contribution in [3.05, 3.63) is 35.7 Å². The minimum atomic E-state index is 0.666. The number of rotatable bonds is 6. The van der Waals surface area contributed by atoms with E-state index in [0.717, 1.165) is 60.8 Å². The summed E-state index contributed by atoms with van der Waals surface area (Å²) in [6.45, 7) is 9.12. The van der Waals surface area contributed by atoms with Crippen molar-refractivity contribution in [2.75, 3.05) is 44.7 Å². The molecular formula is C19H28N6OS. The van der Waals surface area contributed by atoms with Gasteiger partial charge in [0.25, 0.3) is 0 Å². The second-order valence-electron chi connectivity index (χ2n) is 6.26. The van der Waals surface area contributed by atoms with E-state index in [1.807, 2.05) is 32.2 Å². The highest BCUT2D eigenvalue weighted by atomic mass is 32.1. The number of ether oxygens (including phenoxy) is 1. The number of nitrogens with zero attached hydrogens (tertiary/aromatic N) is 5. The molecule has 0 unspecified atom stereocenters. The maximum atomic E-state index is 5.71. The predicted octanol–water partition coefficient (Wildman–Crippen LogP) is 2.40. The SMILES string of the molecule is CCOc1ccccc1CNC(=NC)N1CCN(c2nc(CC)ns2)CC1. The molecule has 0 radical (unpaired) electrons. The number of aliphatic imine (C=N–C) groups is 1. The first-order chi connectivity index (χ1) is 13.2. The summed E-state index contributed by atoms with van der Waals surface area (Å²) in [6.07, 6.45) is 0.885. The molecule has 1 aliphatic heterocycles.